The van der Waals surface area contributed by atoms with Crippen LogP contribution in [0.15, 0.2) is 0 Å². The molecule has 2 aliphatic rings. The molecular formula is C28H56O4. The molecule has 0 spiro atoms. The third-order valence-electron chi connectivity index (χ3n) is 8.98. The van der Waals surface area contributed by atoms with E-state index in [9.17, 15) is 0 Å². The molecule has 1 atom stereocenters. The molecule has 192 valence electrons. The van der Waals surface area contributed by atoms with E-state index in [1.54, 1.807) is 0 Å². The molecule has 0 aromatic carbocycles. The van der Waals surface area contributed by atoms with E-state index in [0.29, 0.717) is 11.8 Å². The zero-order chi connectivity index (χ0) is 24.0. The van der Waals surface area contributed by atoms with E-state index in [2.05, 4.69) is 27.7 Å². The van der Waals surface area contributed by atoms with Crippen molar-refractivity contribution in [3.8, 4) is 0 Å². The van der Waals surface area contributed by atoms with Crippen molar-refractivity contribution in [3.05, 3.63) is 0 Å². The highest BCUT2D eigenvalue weighted by Crippen LogP contribution is 2.47. The van der Waals surface area contributed by atoms with E-state index in [1.807, 2.05) is 28.4 Å². The molecule has 2 rings (SSSR count). The second-order valence-electron chi connectivity index (χ2n) is 11.0. The maximum absolute atomic E-state index is 5.52. The van der Waals surface area contributed by atoms with E-state index in [0.717, 1.165) is 38.3 Å². The number of hydrogen-bond acceptors (Lipinski definition) is 4. The Kier molecular flexibility index (Phi) is 14.6. The van der Waals surface area contributed by atoms with Crippen molar-refractivity contribution < 1.29 is 18.9 Å². The predicted octanol–water partition coefficient (Wildman–Crippen LogP) is 7.00. The molecule has 0 N–H and O–H groups in total. The van der Waals surface area contributed by atoms with E-state index in [4.69, 9.17) is 18.9 Å². The van der Waals surface area contributed by atoms with Gasteiger partial charge in [-0.05, 0) is 49.4 Å². The Morgan fingerprint density at radius 2 is 0.938 bits per heavy atom. The molecule has 0 bridgehead atoms. The van der Waals surface area contributed by atoms with Crippen LogP contribution >= 0.6 is 0 Å². The highest BCUT2D eigenvalue weighted by molar-refractivity contribution is 4.93. The van der Waals surface area contributed by atoms with Gasteiger partial charge >= 0.3 is 0 Å². The first-order valence-corrected chi connectivity index (χ1v) is 13.3. The Hall–Kier alpha value is -0.160. The van der Waals surface area contributed by atoms with E-state index < -0.39 is 0 Å². The van der Waals surface area contributed by atoms with Crippen LogP contribution in [0.3, 0.4) is 0 Å². The van der Waals surface area contributed by atoms with Crippen molar-refractivity contribution in [3.63, 3.8) is 0 Å². The van der Waals surface area contributed by atoms with Gasteiger partial charge in [0, 0.05) is 39.3 Å². The van der Waals surface area contributed by atoms with Gasteiger partial charge in [-0.25, -0.2) is 0 Å². The van der Waals surface area contributed by atoms with Crippen LogP contribution in [0.4, 0.5) is 0 Å². The van der Waals surface area contributed by atoms with Gasteiger partial charge in [-0.1, -0.05) is 66.2 Å². The van der Waals surface area contributed by atoms with Crippen molar-refractivity contribution in [1.82, 2.24) is 0 Å². The van der Waals surface area contributed by atoms with E-state index in [1.165, 1.54) is 64.2 Å². The fourth-order valence-electron chi connectivity index (χ4n) is 6.71. The Morgan fingerprint density at radius 3 is 1.28 bits per heavy atom. The first-order chi connectivity index (χ1) is 15.4. The second kappa shape index (κ2) is 15.7. The van der Waals surface area contributed by atoms with E-state index >= 15 is 0 Å². The minimum absolute atomic E-state index is 0.226. The summed E-state index contributed by atoms with van der Waals surface area (Å²) in [4.78, 5) is 0. The summed E-state index contributed by atoms with van der Waals surface area (Å²) in [6.07, 6.45) is 13.6. The highest BCUT2D eigenvalue weighted by Gasteiger charge is 2.44. The van der Waals surface area contributed by atoms with Gasteiger partial charge < -0.3 is 18.9 Å². The summed E-state index contributed by atoms with van der Waals surface area (Å²) >= 11 is 0. The van der Waals surface area contributed by atoms with Crippen molar-refractivity contribution in [2.24, 2.45) is 34.5 Å². The largest absolute Gasteiger partial charge is 0.384 e. The first-order valence-electron chi connectivity index (χ1n) is 13.3. The fraction of sp³-hybridized carbons (Fsp3) is 1.00. The van der Waals surface area contributed by atoms with Crippen LogP contribution in [0.2, 0.25) is 0 Å². The molecule has 0 amide bonds. The quantitative estimate of drug-likeness (QED) is 0.299. The third-order valence-corrected chi connectivity index (χ3v) is 8.98. The van der Waals surface area contributed by atoms with Gasteiger partial charge in [-0.2, -0.15) is 0 Å². The monoisotopic (exact) mass is 456 g/mol. The molecule has 0 saturated heterocycles. The van der Waals surface area contributed by atoms with Gasteiger partial charge in [0.05, 0.1) is 26.4 Å². The van der Waals surface area contributed by atoms with Crippen molar-refractivity contribution >= 4 is 0 Å². The molecule has 0 aromatic heterocycles. The van der Waals surface area contributed by atoms with Crippen LogP contribution in [0, 0.1) is 34.5 Å². The second-order valence-corrected chi connectivity index (χ2v) is 11.0. The number of ether oxygens (including phenoxy) is 4. The smallest absolute Gasteiger partial charge is 0.0545 e. The third kappa shape index (κ3) is 7.68. The maximum atomic E-state index is 5.52. The topological polar surface area (TPSA) is 36.9 Å². The molecule has 0 aliphatic heterocycles. The summed E-state index contributed by atoms with van der Waals surface area (Å²) in [7, 11) is 7.27. The summed E-state index contributed by atoms with van der Waals surface area (Å²) < 4.78 is 22.0. The molecule has 4 nitrogen and oxygen atoms in total. The summed E-state index contributed by atoms with van der Waals surface area (Å²) in [6, 6.07) is 0. The Labute approximate surface area is 200 Å². The molecule has 1 unspecified atom stereocenters. The molecule has 2 fully saturated rings. The lowest BCUT2D eigenvalue weighted by Gasteiger charge is -2.45. The molecule has 32 heavy (non-hydrogen) atoms. The van der Waals surface area contributed by atoms with Crippen LogP contribution < -0.4 is 0 Å². The Morgan fingerprint density at radius 1 is 0.594 bits per heavy atom. The number of methoxy groups -OCH3 is 4. The lowest BCUT2D eigenvalue weighted by Crippen LogP contribution is -2.44. The minimum Gasteiger partial charge on any atom is -0.384 e. The summed E-state index contributed by atoms with van der Waals surface area (Å²) in [5, 5.41) is 0. The minimum atomic E-state index is 0.226. The molecule has 0 heterocycles. The molecule has 0 aromatic rings. The first kappa shape index (κ1) is 29.9. The Bertz CT molecular complexity index is 440. The lowest BCUT2D eigenvalue weighted by atomic mass is 9.64. The summed E-state index contributed by atoms with van der Waals surface area (Å²) in [5.41, 5.74) is 0.471. The average Bonchev–Trinajstić information content (AvgIpc) is 3.34. The molecule has 2 saturated carbocycles. The molecule has 0 radical (unpaired) electrons. The van der Waals surface area contributed by atoms with Crippen LogP contribution in [0.5, 0.6) is 0 Å². The fourth-order valence-corrected chi connectivity index (χ4v) is 6.71. The Balaban J connectivity index is 0.000000320. The number of rotatable bonds is 13. The van der Waals surface area contributed by atoms with Gasteiger partial charge in [-0.3, -0.25) is 0 Å². The van der Waals surface area contributed by atoms with Crippen molar-refractivity contribution in [1.29, 1.82) is 0 Å². The van der Waals surface area contributed by atoms with Gasteiger partial charge in [0.1, 0.15) is 0 Å². The summed E-state index contributed by atoms with van der Waals surface area (Å²) in [6.45, 7) is 12.6. The molecular weight excluding hydrogens is 400 g/mol. The van der Waals surface area contributed by atoms with Crippen LogP contribution in [0.25, 0.3) is 0 Å². The normalized spacial score (nSPS) is 19.8. The van der Waals surface area contributed by atoms with Gasteiger partial charge in [0.25, 0.3) is 0 Å². The standard InChI is InChI=1S/2C14H28O2/c1-12(2)14(10-15-3,11-16-4)13-8-6-5-7-9-13;1-5-12(2)14(10-15-3,11-16-4)13-8-6-7-9-13/h2*12-13H,5-11H2,1-4H3. The highest BCUT2D eigenvalue weighted by atomic mass is 16.5. The van der Waals surface area contributed by atoms with Crippen molar-refractivity contribution in [2.75, 3.05) is 54.9 Å². The SMILES string of the molecule is CCC(C)C(COC)(COC)C1CCCC1.COCC(COC)(C(C)C)C1CCCCC1. The average molecular weight is 457 g/mol. The van der Waals surface area contributed by atoms with Gasteiger partial charge in [0.15, 0.2) is 0 Å². The maximum Gasteiger partial charge on any atom is 0.0545 e. The zero-order valence-corrected chi connectivity index (χ0v) is 22.8. The van der Waals surface area contributed by atoms with Gasteiger partial charge in [0.2, 0.25) is 0 Å². The van der Waals surface area contributed by atoms with Crippen LogP contribution in [-0.2, 0) is 18.9 Å². The zero-order valence-electron chi connectivity index (χ0n) is 22.8. The predicted molar refractivity (Wildman–Crippen MR) is 135 cm³/mol. The summed E-state index contributed by atoms with van der Waals surface area (Å²) in [5.74, 6) is 2.87. The van der Waals surface area contributed by atoms with E-state index in [-0.39, 0.29) is 10.8 Å². The molecule has 4 heteroatoms. The van der Waals surface area contributed by atoms with Crippen LogP contribution in [-0.4, -0.2) is 54.9 Å². The van der Waals surface area contributed by atoms with Crippen molar-refractivity contribution in [2.45, 2.75) is 91.9 Å². The number of hydrogen-bond donors (Lipinski definition) is 0. The lowest BCUT2D eigenvalue weighted by molar-refractivity contribution is -0.0708. The van der Waals surface area contributed by atoms with Gasteiger partial charge in [-0.15, -0.1) is 0 Å². The van der Waals surface area contributed by atoms with Crippen LogP contribution in [0.1, 0.15) is 91.9 Å². The molecule has 2 aliphatic carbocycles.